The molecule has 2 aromatic rings. The molecule has 2 rings (SSSR count). The topological polar surface area (TPSA) is 43.4 Å². The molecule has 0 saturated heterocycles. The van der Waals surface area contributed by atoms with Crippen molar-refractivity contribution in [2.24, 2.45) is 0 Å². The monoisotopic (exact) mass is 350 g/mol. The molecule has 1 aromatic heterocycles. The van der Waals surface area contributed by atoms with Crippen LogP contribution in [0.1, 0.15) is 24.1 Å². The van der Waals surface area contributed by atoms with Crippen molar-refractivity contribution in [2.45, 2.75) is 19.5 Å². The lowest BCUT2D eigenvalue weighted by molar-refractivity contribution is 0.389. The molecule has 0 aliphatic rings. The van der Waals surface area contributed by atoms with E-state index in [-0.39, 0.29) is 6.04 Å². The third-order valence-corrected chi connectivity index (χ3v) is 3.94. The van der Waals surface area contributed by atoms with E-state index in [4.69, 9.17) is 9.47 Å². The van der Waals surface area contributed by atoms with Crippen LogP contribution in [0, 0.1) is 0 Å². The lowest BCUT2D eigenvalue weighted by Crippen LogP contribution is -2.18. The second-order valence-electron chi connectivity index (χ2n) is 4.67. The van der Waals surface area contributed by atoms with Gasteiger partial charge in [0.15, 0.2) is 0 Å². The Kier molecular flexibility index (Phi) is 5.59. The molecule has 1 unspecified atom stereocenters. The summed E-state index contributed by atoms with van der Waals surface area (Å²) < 4.78 is 11.5. The zero-order chi connectivity index (χ0) is 15.2. The predicted molar refractivity (Wildman–Crippen MR) is 86.7 cm³/mol. The Hall–Kier alpha value is -1.59. The second-order valence-corrected chi connectivity index (χ2v) is 5.52. The van der Waals surface area contributed by atoms with Crippen LogP contribution >= 0.6 is 15.9 Å². The van der Waals surface area contributed by atoms with E-state index in [1.807, 2.05) is 18.2 Å². The number of nitrogens with one attached hydrogen (secondary N) is 1. The summed E-state index contributed by atoms with van der Waals surface area (Å²) in [5, 5.41) is 3.47. The summed E-state index contributed by atoms with van der Waals surface area (Å²) >= 11 is 3.51. The highest BCUT2D eigenvalue weighted by atomic mass is 79.9. The van der Waals surface area contributed by atoms with Crippen LogP contribution in [0.3, 0.4) is 0 Å². The summed E-state index contributed by atoms with van der Waals surface area (Å²) in [6.07, 6.45) is 1.73. The van der Waals surface area contributed by atoms with Crippen LogP contribution < -0.4 is 14.8 Å². The average molecular weight is 351 g/mol. The molecule has 0 saturated carbocycles. The summed E-state index contributed by atoms with van der Waals surface area (Å²) in [6.45, 7) is 2.82. The van der Waals surface area contributed by atoms with Crippen molar-refractivity contribution in [3.8, 4) is 11.6 Å². The van der Waals surface area contributed by atoms with Crippen LogP contribution in [0.15, 0.2) is 41.0 Å². The third kappa shape index (κ3) is 3.95. The number of ether oxygens (including phenoxy) is 2. The van der Waals surface area contributed by atoms with E-state index in [0.717, 1.165) is 15.8 Å². The fraction of sp³-hybridized carbons (Fsp3) is 0.312. The van der Waals surface area contributed by atoms with Crippen molar-refractivity contribution in [1.29, 1.82) is 0 Å². The molecule has 112 valence electrons. The number of pyridine rings is 1. The number of aromatic nitrogens is 1. The lowest BCUT2D eigenvalue weighted by atomic mass is 10.1. The SMILES string of the molecule is COc1ccc(C(C)NCc2cccnc2OC)cc1Br. The molecule has 1 atom stereocenters. The summed E-state index contributed by atoms with van der Waals surface area (Å²) in [7, 11) is 3.30. The molecule has 0 aliphatic heterocycles. The van der Waals surface area contributed by atoms with Gasteiger partial charge in [-0.05, 0) is 46.6 Å². The molecule has 0 aliphatic carbocycles. The van der Waals surface area contributed by atoms with E-state index >= 15 is 0 Å². The zero-order valence-electron chi connectivity index (χ0n) is 12.4. The number of hydrogen-bond donors (Lipinski definition) is 1. The van der Waals surface area contributed by atoms with Gasteiger partial charge in [0.05, 0.1) is 18.7 Å². The van der Waals surface area contributed by atoms with E-state index in [9.17, 15) is 0 Å². The van der Waals surface area contributed by atoms with Crippen molar-refractivity contribution in [3.05, 3.63) is 52.1 Å². The van der Waals surface area contributed by atoms with E-state index in [2.05, 4.69) is 45.3 Å². The van der Waals surface area contributed by atoms with Gasteiger partial charge in [0.2, 0.25) is 5.88 Å². The zero-order valence-corrected chi connectivity index (χ0v) is 14.0. The maximum absolute atomic E-state index is 5.26. The number of halogens is 1. The minimum atomic E-state index is 0.206. The molecule has 4 nitrogen and oxygen atoms in total. The fourth-order valence-electron chi connectivity index (χ4n) is 2.08. The fourth-order valence-corrected chi connectivity index (χ4v) is 2.63. The van der Waals surface area contributed by atoms with Gasteiger partial charge in [-0.1, -0.05) is 12.1 Å². The molecule has 1 N–H and O–H groups in total. The minimum Gasteiger partial charge on any atom is -0.496 e. The maximum atomic E-state index is 5.26. The summed E-state index contributed by atoms with van der Waals surface area (Å²) in [5.74, 6) is 1.49. The molecule has 0 bridgehead atoms. The molecule has 5 heteroatoms. The molecule has 0 fully saturated rings. The van der Waals surface area contributed by atoms with E-state index in [1.165, 1.54) is 5.56 Å². The van der Waals surface area contributed by atoms with Gasteiger partial charge in [-0.25, -0.2) is 4.98 Å². The summed E-state index contributed by atoms with van der Waals surface area (Å²) in [4.78, 5) is 4.20. The van der Waals surface area contributed by atoms with Gasteiger partial charge >= 0.3 is 0 Å². The number of benzene rings is 1. The van der Waals surface area contributed by atoms with E-state index in [1.54, 1.807) is 20.4 Å². The summed E-state index contributed by atoms with van der Waals surface area (Å²) in [5.41, 5.74) is 2.23. The highest BCUT2D eigenvalue weighted by Crippen LogP contribution is 2.28. The molecule has 0 amide bonds. The van der Waals surface area contributed by atoms with Gasteiger partial charge in [0, 0.05) is 24.3 Å². The van der Waals surface area contributed by atoms with Crippen LogP contribution in [-0.4, -0.2) is 19.2 Å². The first-order valence-corrected chi connectivity index (χ1v) is 7.49. The number of methoxy groups -OCH3 is 2. The first-order valence-electron chi connectivity index (χ1n) is 6.70. The third-order valence-electron chi connectivity index (χ3n) is 3.32. The highest BCUT2D eigenvalue weighted by molar-refractivity contribution is 9.10. The van der Waals surface area contributed by atoms with Crippen molar-refractivity contribution in [3.63, 3.8) is 0 Å². The highest BCUT2D eigenvalue weighted by Gasteiger charge is 2.10. The van der Waals surface area contributed by atoms with Crippen LogP contribution in [0.25, 0.3) is 0 Å². The average Bonchev–Trinajstić information content (AvgIpc) is 2.52. The van der Waals surface area contributed by atoms with Gasteiger partial charge in [0.25, 0.3) is 0 Å². The van der Waals surface area contributed by atoms with Crippen molar-refractivity contribution in [2.75, 3.05) is 14.2 Å². The maximum Gasteiger partial charge on any atom is 0.217 e. The molecule has 0 spiro atoms. The Morgan fingerprint density at radius 3 is 2.71 bits per heavy atom. The number of nitrogens with zero attached hydrogens (tertiary/aromatic N) is 1. The first-order chi connectivity index (χ1) is 10.2. The van der Waals surface area contributed by atoms with Crippen molar-refractivity contribution >= 4 is 15.9 Å². The molecular weight excluding hydrogens is 332 g/mol. The quantitative estimate of drug-likeness (QED) is 0.862. The van der Waals surface area contributed by atoms with Gasteiger partial charge in [-0.15, -0.1) is 0 Å². The molecule has 21 heavy (non-hydrogen) atoms. The van der Waals surface area contributed by atoms with Crippen molar-refractivity contribution < 1.29 is 9.47 Å². The molecule has 1 heterocycles. The van der Waals surface area contributed by atoms with Crippen LogP contribution in [0.2, 0.25) is 0 Å². The number of hydrogen-bond acceptors (Lipinski definition) is 4. The minimum absolute atomic E-state index is 0.206. The van der Waals surface area contributed by atoms with Gasteiger partial charge in [0.1, 0.15) is 5.75 Å². The second kappa shape index (κ2) is 7.43. The Labute approximate surface area is 133 Å². The Bertz CT molecular complexity index is 605. The van der Waals surface area contributed by atoms with Crippen molar-refractivity contribution in [1.82, 2.24) is 10.3 Å². The van der Waals surface area contributed by atoms with Crippen LogP contribution in [0.5, 0.6) is 11.6 Å². The Morgan fingerprint density at radius 1 is 1.24 bits per heavy atom. The normalized spacial score (nSPS) is 12.0. The molecular formula is C16H19BrN2O2. The largest absolute Gasteiger partial charge is 0.496 e. The first kappa shape index (κ1) is 15.8. The Morgan fingerprint density at radius 2 is 2.05 bits per heavy atom. The number of rotatable bonds is 6. The van der Waals surface area contributed by atoms with Crippen LogP contribution in [-0.2, 0) is 6.54 Å². The molecule has 0 radical (unpaired) electrons. The standard InChI is InChI=1S/C16H19BrN2O2/c1-11(12-6-7-15(20-2)14(17)9-12)19-10-13-5-4-8-18-16(13)21-3/h4-9,11,19H,10H2,1-3H3. The lowest BCUT2D eigenvalue weighted by Gasteiger charge is -2.16. The van der Waals surface area contributed by atoms with Crippen LogP contribution in [0.4, 0.5) is 0 Å². The van der Waals surface area contributed by atoms with E-state index < -0.39 is 0 Å². The smallest absolute Gasteiger partial charge is 0.217 e. The summed E-state index contributed by atoms with van der Waals surface area (Å²) in [6, 6.07) is 10.2. The van der Waals surface area contributed by atoms with Gasteiger partial charge in [-0.2, -0.15) is 0 Å². The van der Waals surface area contributed by atoms with Gasteiger partial charge in [-0.3, -0.25) is 0 Å². The van der Waals surface area contributed by atoms with Gasteiger partial charge < -0.3 is 14.8 Å². The molecule has 1 aromatic carbocycles. The Balaban J connectivity index is 2.04. The van der Waals surface area contributed by atoms with E-state index in [0.29, 0.717) is 12.4 Å². The predicted octanol–water partition coefficient (Wildman–Crippen LogP) is 3.71.